The number of aliphatic hydroxyl groups is 2. The molecular weight excluding hydrogens is 712 g/mol. The van der Waals surface area contributed by atoms with E-state index in [0.29, 0.717) is 26.2 Å². The second-order valence-electron chi connectivity index (χ2n) is 18.1. The highest BCUT2D eigenvalue weighted by molar-refractivity contribution is 5.90. The second kappa shape index (κ2) is 16.6. The molecular formula is C42H66O13. The van der Waals surface area contributed by atoms with Crippen molar-refractivity contribution in [2.45, 2.75) is 144 Å². The summed E-state index contributed by atoms with van der Waals surface area (Å²) in [6, 6.07) is 0. The molecule has 10 atom stereocenters. The third kappa shape index (κ3) is 8.47. The summed E-state index contributed by atoms with van der Waals surface area (Å²) >= 11 is 0. The van der Waals surface area contributed by atoms with Gasteiger partial charge in [-0.2, -0.15) is 0 Å². The van der Waals surface area contributed by atoms with E-state index in [4.69, 9.17) is 28.4 Å². The van der Waals surface area contributed by atoms with Gasteiger partial charge in [-0.15, -0.1) is 0 Å². The highest BCUT2D eigenvalue weighted by atomic mass is 16.6. The Morgan fingerprint density at radius 1 is 0.782 bits per heavy atom. The van der Waals surface area contributed by atoms with Gasteiger partial charge in [-0.25, -0.2) is 14.4 Å². The first-order valence-electron chi connectivity index (χ1n) is 20.0. The number of carbonyl (C=O) groups is 5. The van der Waals surface area contributed by atoms with Gasteiger partial charge >= 0.3 is 17.9 Å². The van der Waals surface area contributed by atoms with Crippen molar-refractivity contribution in [2.75, 3.05) is 39.6 Å². The van der Waals surface area contributed by atoms with E-state index in [-0.39, 0.29) is 63.6 Å². The summed E-state index contributed by atoms with van der Waals surface area (Å²) in [5.41, 5.74) is -5.85. The predicted octanol–water partition coefficient (Wildman–Crippen LogP) is 4.71. The topological polar surface area (TPSA) is 181 Å². The number of rotatable bonds is 17. The Balaban J connectivity index is 1.81. The molecule has 0 bridgehead atoms. The lowest BCUT2D eigenvalue weighted by molar-refractivity contribution is -0.201. The first kappa shape index (κ1) is 45.0. The molecule has 55 heavy (non-hydrogen) atoms. The lowest BCUT2D eigenvalue weighted by Crippen LogP contribution is -2.66. The first-order chi connectivity index (χ1) is 25.4. The summed E-state index contributed by atoms with van der Waals surface area (Å²) in [5, 5.41) is 22.7. The summed E-state index contributed by atoms with van der Waals surface area (Å²) in [4.78, 5) is 68.3. The number of hydrogen-bond acceptors (Lipinski definition) is 13. The van der Waals surface area contributed by atoms with Gasteiger partial charge < -0.3 is 38.6 Å². The van der Waals surface area contributed by atoms with Gasteiger partial charge in [-0.1, -0.05) is 46.3 Å². The monoisotopic (exact) mass is 778 g/mol. The standard InChI is InChI=1S/C42H66O13/c1-12-50-22-32(45)53-27-19-26-25(38(6,7)36(27)55-34(47)24-52-14-3)15-16-29-39(8)20-28(54-33(46)23-51-13-2)35(40(39,9)21-31(44)41(26,29)10)42(11,49)30(43)17-18-37(4,5)48/h15,26-29,35-36,48-49H,12-14,16-24H2,1-11H3/t26-,27+,28-,29+,35?,36-,39+,40-,41+,42+/m1/s1. The third-order valence-electron chi connectivity index (χ3n) is 13.8. The van der Waals surface area contributed by atoms with E-state index in [1.54, 1.807) is 34.6 Å². The van der Waals surface area contributed by atoms with Crippen LogP contribution in [0.1, 0.15) is 115 Å². The smallest absolute Gasteiger partial charge is 0.332 e. The van der Waals surface area contributed by atoms with Crippen molar-refractivity contribution in [3.8, 4) is 0 Å². The van der Waals surface area contributed by atoms with Crippen molar-refractivity contribution < 1.29 is 62.6 Å². The fraction of sp³-hybridized carbons (Fsp3) is 0.833. The maximum Gasteiger partial charge on any atom is 0.332 e. The van der Waals surface area contributed by atoms with Gasteiger partial charge in [0, 0.05) is 49.4 Å². The van der Waals surface area contributed by atoms with E-state index < -0.39 is 86.7 Å². The summed E-state index contributed by atoms with van der Waals surface area (Å²) in [6.07, 6.45) is 0.347. The van der Waals surface area contributed by atoms with Crippen LogP contribution >= 0.6 is 0 Å². The van der Waals surface area contributed by atoms with Crippen LogP contribution in [0.25, 0.3) is 0 Å². The number of esters is 3. The van der Waals surface area contributed by atoms with Crippen LogP contribution in [0.2, 0.25) is 0 Å². The molecule has 3 fully saturated rings. The molecule has 0 heterocycles. The molecule has 4 aliphatic carbocycles. The van der Waals surface area contributed by atoms with Crippen molar-refractivity contribution in [3.63, 3.8) is 0 Å². The minimum Gasteiger partial charge on any atom is -0.460 e. The summed E-state index contributed by atoms with van der Waals surface area (Å²) < 4.78 is 34.2. The Labute approximate surface area is 326 Å². The van der Waals surface area contributed by atoms with Crippen LogP contribution in [-0.4, -0.2) is 109 Å². The van der Waals surface area contributed by atoms with Crippen molar-refractivity contribution in [1.82, 2.24) is 0 Å². The SMILES string of the molecule is CCOCC(=O)O[C@H]1C[C@@H]2C(=CC[C@@H]3[C@@]2(C)C(=O)C[C@]2(C)C([C@@](C)(O)C(=O)CCC(C)(C)O)[C@H](OC(=O)COCC)C[C@@]32C)C(C)(C)[C@@H]1OC(=O)COCC. The van der Waals surface area contributed by atoms with E-state index >= 15 is 4.79 Å². The number of allylic oxidation sites excluding steroid dienone is 1. The van der Waals surface area contributed by atoms with Gasteiger partial charge in [0.15, 0.2) is 5.78 Å². The molecule has 2 N–H and O–H groups in total. The number of ether oxygens (including phenoxy) is 6. The molecule has 0 aromatic heterocycles. The quantitative estimate of drug-likeness (QED) is 0.118. The zero-order valence-electron chi connectivity index (χ0n) is 34.9. The number of hydrogen-bond donors (Lipinski definition) is 2. The van der Waals surface area contributed by atoms with E-state index in [2.05, 4.69) is 13.0 Å². The average Bonchev–Trinajstić information content (AvgIpc) is 3.31. The molecule has 0 radical (unpaired) electrons. The van der Waals surface area contributed by atoms with Gasteiger partial charge in [-0.05, 0) is 89.9 Å². The van der Waals surface area contributed by atoms with Gasteiger partial charge in [0.05, 0.1) is 5.60 Å². The van der Waals surface area contributed by atoms with Gasteiger partial charge in [0.1, 0.15) is 49.5 Å². The van der Waals surface area contributed by atoms with Gasteiger partial charge in [-0.3, -0.25) is 9.59 Å². The first-order valence-corrected chi connectivity index (χ1v) is 20.0. The molecule has 13 nitrogen and oxygen atoms in total. The minimum absolute atomic E-state index is 0.0125. The Bertz CT molecular complexity index is 1490. The number of Topliss-reactive ketones (excluding diaryl/α,β-unsaturated/α-hetero) is 2. The lowest BCUT2D eigenvalue weighted by atomic mass is 9.38. The van der Waals surface area contributed by atoms with Crippen LogP contribution in [0, 0.1) is 39.4 Å². The second-order valence-corrected chi connectivity index (χ2v) is 18.1. The summed E-state index contributed by atoms with van der Waals surface area (Å²) in [7, 11) is 0. The van der Waals surface area contributed by atoms with Crippen LogP contribution in [0.5, 0.6) is 0 Å². The molecule has 0 spiro atoms. The maximum atomic E-state index is 15.1. The molecule has 312 valence electrons. The molecule has 3 saturated carbocycles. The third-order valence-corrected chi connectivity index (χ3v) is 13.8. The Morgan fingerprint density at radius 3 is 1.80 bits per heavy atom. The zero-order valence-corrected chi connectivity index (χ0v) is 34.9. The van der Waals surface area contributed by atoms with E-state index in [1.165, 1.54) is 6.92 Å². The highest BCUT2D eigenvalue weighted by Crippen LogP contribution is 2.74. The average molecular weight is 779 g/mol. The molecule has 0 aromatic carbocycles. The predicted molar refractivity (Wildman–Crippen MR) is 200 cm³/mol. The van der Waals surface area contributed by atoms with Crippen molar-refractivity contribution in [1.29, 1.82) is 0 Å². The van der Waals surface area contributed by atoms with E-state index in [9.17, 15) is 29.4 Å². The molecule has 13 heteroatoms. The van der Waals surface area contributed by atoms with Crippen LogP contribution in [-0.2, 0) is 52.4 Å². The molecule has 4 rings (SSSR count). The molecule has 0 aliphatic heterocycles. The zero-order chi connectivity index (χ0) is 41.4. The molecule has 0 aromatic rings. The number of fused-ring (bicyclic) bond motifs is 5. The Hall–Kier alpha value is -2.71. The van der Waals surface area contributed by atoms with Crippen LogP contribution in [0.4, 0.5) is 0 Å². The van der Waals surface area contributed by atoms with Crippen molar-refractivity contribution >= 4 is 29.5 Å². The molecule has 1 unspecified atom stereocenters. The van der Waals surface area contributed by atoms with Crippen LogP contribution in [0.3, 0.4) is 0 Å². The fourth-order valence-corrected chi connectivity index (χ4v) is 10.9. The summed E-state index contributed by atoms with van der Waals surface area (Å²) in [5.74, 6) is -4.11. The maximum absolute atomic E-state index is 15.1. The van der Waals surface area contributed by atoms with Gasteiger partial charge in [0.2, 0.25) is 0 Å². The van der Waals surface area contributed by atoms with Crippen LogP contribution in [0.15, 0.2) is 11.6 Å². The molecule has 0 saturated heterocycles. The van der Waals surface area contributed by atoms with E-state index in [0.717, 1.165) is 5.57 Å². The number of carbonyl (C=O) groups excluding carboxylic acids is 5. The van der Waals surface area contributed by atoms with Gasteiger partial charge in [0.25, 0.3) is 0 Å². The largest absolute Gasteiger partial charge is 0.460 e. The van der Waals surface area contributed by atoms with Crippen molar-refractivity contribution in [2.24, 2.45) is 39.4 Å². The fourth-order valence-electron chi connectivity index (χ4n) is 10.9. The lowest BCUT2D eigenvalue weighted by Gasteiger charge is -2.65. The Kier molecular flexibility index (Phi) is 13.6. The minimum atomic E-state index is -2.01. The Morgan fingerprint density at radius 2 is 1.29 bits per heavy atom. The highest BCUT2D eigenvalue weighted by Gasteiger charge is 2.75. The number of ketones is 2. The molecule has 0 amide bonds. The van der Waals surface area contributed by atoms with Crippen LogP contribution < -0.4 is 0 Å². The normalized spacial score (nSPS) is 35.0. The molecule has 4 aliphatic rings. The van der Waals surface area contributed by atoms with Crippen molar-refractivity contribution in [3.05, 3.63) is 11.6 Å². The summed E-state index contributed by atoms with van der Waals surface area (Å²) in [6.45, 7) is 19.8. The van der Waals surface area contributed by atoms with E-state index in [1.807, 2.05) is 27.7 Å².